The van der Waals surface area contributed by atoms with Crippen molar-refractivity contribution in [2.24, 2.45) is 0 Å². The Bertz CT molecular complexity index is 2420. The highest BCUT2D eigenvalue weighted by Gasteiger charge is 2.03. The maximum Gasteiger partial charge on any atom is -0.0179 e. The Morgan fingerprint density at radius 1 is 0.243 bits per heavy atom. The predicted molar refractivity (Wildman–Crippen MR) is 318 cm³/mol. The molecular weight excluding hydrogens is 841 g/mol. The molecule has 0 amide bonds. The number of unbranched alkanes of at least 4 members (excludes halogenated alkanes) is 3. The molecular formula is C70H92. The van der Waals surface area contributed by atoms with Gasteiger partial charge in [0.1, 0.15) is 0 Å². The topological polar surface area (TPSA) is 0 Å². The van der Waals surface area contributed by atoms with E-state index in [0.29, 0.717) is 0 Å². The van der Waals surface area contributed by atoms with Crippen molar-refractivity contribution in [3.63, 3.8) is 0 Å². The van der Waals surface area contributed by atoms with Crippen molar-refractivity contribution in [1.29, 1.82) is 0 Å². The van der Waals surface area contributed by atoms with Crippen LogP contribution in [0, 0.1) is 34.6 Å². The Labute approximate surface area is 430 Å². The molecule has 0 aromatic heterocycles. The van der Waals surface area contributed by atoms with Gasteiger partial charge in [0, 0.05) is 0 Å². The first-order chi connectivity index (χ1) is 34.2. The minimum atomic E-state index is 1.18. The fraction of sp³-hybridized carbons (Fsp3) is 0.314. The second kappa shape index (κ2) is 38.6. The highest BCUT2D eigenvalue weighted by Crippen LogP contribution is 2.25. The van der Waals surface area contributed by atoms with Crippen molar-refractivity contribution in [3.8, 4) is 44.5 Å². The summed E-state index contributed by atoms with van der Waals surface area (Å²) in [6.45, 7) is 31.3. The lowest BCUT2D eigenvalue weighted by molar-refractivity contribution is 0.667. The van der Waals surface area contributed by atoms with Crippen LogP contribution in [0.2, 0.25) is 0 Å². The number of hydrogen-bond acceptors (Lipinski definition) is 0. The molecule has 0 saturated heterocycles. The van der Waals surface area contributed by atoms with E-state index in [1.54, 1.807) is 0 Å². The first-order valence-corrected chi connectivity index (χ1v) is 26.8. The highest BCUT2D eigenvalue weighted by atomic mass is 14.1. The Morgan fingerprint density at radius 3 is 0.914 bits per heavy atom. The van der Waals surface area contributed by atoms with E-state index in [1.807, 2.05) is 61.5 Å². The summed E-state index contributed by atoms with van der Waals surface area (Å²) in [6, 6.07) is 71.1. The molecule has 0 nitrogen and oxygen atoms in total. The maximum absolute atomic E-state index is 2.27. The third kappa shape index (κ3) is 22.9. The fourth-order valence-corrected chi connectivity index (χ4v) is 7.42. The van der Waals surface area contributed by atoms with Crippen molar-refractivity contribution in [2.45, 2.75) is 149 Å². The molecule has 0 spiro atoms. The number of aryl methyl sites for hydroxylation is 6. The summed E-state index contributed by atoms with van der Waals surface area (Å²) in [5.74, 6) is 0. The third-order valence-electron chi connectivity index (χ3n) is 11.6. The van der Waals surface area contributed by atoms with E-state index < -0.39 is 0 Å². The summed E-state index contributed by atoms with van der Waals surface area (Å²) in [4.78, 5) is 0. The summed E-state index contributed by atoms with van der Waals surface area (Å²) in [5, 5.41) is 0. The minimum Gasteiger partial charge on any atom is -0.0683 e. The number of rotatable bonds is 11. The van der Waals surface area contributed by atoms with Crippen LogP contribution >= 0.6 is 0 Å². The van der Waals surface area contributed by atoms with Gasteiger partial charge in [0.15, 0.2) is 0 Å². The zero-order valence-corrected chi connectivity index (χ0v) is 46.5. The molecule has 372 valence electrons. The van der Waals surface area contributed by atoms with Crippen molar-refractivity contribution in [3.05, 3.63) is 239 Å². The van der Waals surface area contributed by atoms with E-state index in [4.69, 9.17) is 0 Å². The normalized spacial score (nSPS) is 9.47. The average Bonchev–Trinajstić information content (AvgIpc) is 3.44. The first-order valence-electron chi connectivity index (χ1n) is 26.8. The molecule has 0 N–H and O–H groups in total. The standard InChI is InChI=1S/C18H22.2C15H16.C14H14.4C2H6/c1-2-3-4-6-9-16-12-14-18(15-13-16)17-10-7-5-8-11-17;1-11-9-15(10-12(2)13(11)3)14-7-5-4-6-8-14;1-2-6-13-9-11-15(12-10-13)14-7-4-3-5-8-14;1-11-8-9-14(10-12(11)2)13-6-4-3-5-7-13;4*1-2/h5,7-8,10-15H,2-4,6,9H2,1H3;4-10H,1-3H3;3-5,7-12H,2,6H2,1H3;3-10H,1-2H3;4*1-2H3. The second-order valence-corrected chi connectivity index (χ2v) is 16.5. The van der Waals surface area contributed by atoms with E-state index in [0.717, 1.165) is 0 Å². The highest BCUT2D eigenvalue weighted by molar-refractivity contribution is 5.67. The molecule has 0 unspecified atom stereocenters. The molecule has 0 fully saturated rings. The van der Waals surface area contributed by atoms with Crippen molar-refractivity contribution in [2.75, 3.05) is 0 Å². The minimum absolute atomic E-state index is 1.18. The van der Waals surface area contributed by atoms with Crippen LogP contribution in [0.5, 0.6) is 0 Å². The van der Waals surface area contributed by atoms with E-state index in [-0.39, 0.29) is 0 Å². The molecule has 0 aliphatic rings. The van der Waals surface area contributed by atoms with Crippen LogP contribution in [0.25, 0.3) is 44.5 Å². The van der Waals surface area contributed by atoms with Gasteiger partial charge in [0.05, 0.1) is 0 Å². The lowest BCUT2D eigenvalue weighted by Gasteiger charge is -2.09. The van der Waals surface area contributed by atoms with Crippen molar-refractivity contribution in [1.82, 2.24) is 0 Å². The summed E-state index contributed by atoms with van der Waals surface area (Å²) in [6.07, 6.45) is 8.96. The van der Waals surface area contributed by atoms with E-state index in [1.165, 1.54) is 128 Å². The van der Waals surface area contributed by atoms with Crippen LogP contribution in [0.3, 0.4) is 0 Å². The molecule has 0 heteroatoms. The summed E-state index contributed by atoms with van der Waals surface area (Å²) in [5.41, 5.74) is 20.1. The molecule has 0 heterocycles. The monoisotopic (exact) mass is 933 g/mol. The smallest absolute Gasteiger partial charge is 0.0179 e. The zero-order chi connectivity index (χ0) is 51.9. The van der Waals surface area contributed by atoms with Crippen LogP contribution in [0.4, 0.5) is 0 Å². The van der Waals surface area contributed by atoms with Crippen LogP contribution in [-0.4, -0.2) is 0 Å². The van der Waals surface area contributed by atoms with Gasteiger partial charge in [-0.3, -0.25) is 0 Å². The zero-order valence-electron chi connectivity index (χ0n) is 46.5. The quantitative estimate of drug-likeness (QED) is 0.113. The van der Waals surface area contributed by atoms with E-state index in [9.17, 15) is 0 Å². The van der Waals surface area contributed by atoms with Gasteiger partial charge >= 0.3 is 0 Å². The third-order valence-corrected chi connectivity index (χ3v) is 11.6. The van der Waals surface area contributed by atoms with Gasteiger partial charge in [-0.15, -0.1) is 0 Å². The van der Waals surface area contributed by atoms with Gasteiger partial charge in [-0.1, -0.05) is 295 Å². The van der Waals surface area contributed by atoms with Gasteiger partial charge in [-0.05, 0) is 137 Å². The molecule has 8 aromatic carbocycles. The molecule has 0 aliphatic carbocycles. The van der Waals surface area contributed by atoms with Gasteiger partial charge in [-0.2, -0.15) is 0 Å². The van der Waals surface area contributed by atoms with Gasteiger partial charge in [0.2, 0.25) is 0 Å². The maximum atomic E-state index is 2.27. The molecule has 0 aliphatic heterocycles. The average molecular weight is 934 g/mol. The lowest BCUT2D eigenvalue weighted by atomic mass is 9.97. The second-order valence-electron chi connectivity index (χ2n) is 16.5. The Balaban J connectivity index is 0.000000446. The number of hydrogen-bond donors (Lipinski definition) is 0. The summed E-state index contributed by atoms with van der Waals surface area (Å²) >= 11 is 0. The SMILES string of the molecule is CC.CC.CC.CC.CCCCCCc1ccc(-c2ccccc2)cc1.CCCc1ccc(-c2ccccc2)cc1.Cc1cc(-c2ccccc2)cc(C)c1C.Cc1ccc(-c2ccccc2)cc1C. The Hall–Kier alpha value is -6.24. The van der Waals surface area contributed by atoms with Gasteiger partial charge in [0.25, 0.3) is 0 Å². The fourth-order valence-electron chi connectivity index (χ4n) is 7.42. The van der Waals surface area contributed by atoms with Crippen LogP contribution in [-0.2, 0) is 12.8 Å². The number of benzene rings is 8. The molecule has 70 heavy (non-hydrogen) atoms. The summed E-state index contributed by atoms with van der Waals surface area (Å²) < 4.78 is 0. The molecule has 0 bridgehead atoms. The van der Waals surface area contributed by atoms with Crippen LogP contribution in [0.1, 0.15) is 140 Å². The molecule has 0 atom stereocenters. The molecule has 8 rings (SSSR count). The predicted octanol–water partition coefficient (Wildman–Crippen LogP) is 22.1. The lowest BCUT2D eigenvalue weighted by Crippen LogP contribution is -1.88. The Morgan fingerprint density at radius 2 is 0.557 bits per heavy atom. The first kappa shape index (κ1) is 61.8. The van der Waals surface area contributed by atoms with Gasteiger partial charge in [-0.25, -0.2) is 0 Å². The van der Waals surface area contributed by atoms with E-state index >= 15 is 0 Å². The molecule has 0 radical (unpaired) electrons. The molecule has 8 aromatic rings. The largest absolute Gasteiger partial charge is 0.0683 e. The summed E-state index contributed by atoms with van der Waals surface area (Å²) in [7, 11) is 0. The van der Waals surface area contributed by atoms with Gasteiger partial charge < -0.3 is 0 Å². The van der Waals surface area contributed by atoms with Crippen LogP contribution in [0.15, 0.2) is 200 Å². The Kier molecular flexibility index (Phi) is 34.1. The van der Waals surface area contributed by atoms with E-state index in [2.05, 4.69) is 243 Å². The van der Waals surface area contributed by atoms with Crippen LogP contribution < -0.4 is 0 Å². The van der Waals surface area contributed by atoms with Crippen molar-refractivity contribution >= 4 is 0 Å². The van der Waals surface area contributed by atoms with Crippen molar-refractivity contribution < 1.29 is 0 Å². The molecule has 0 saturated carbocycles.